The number of carbonyl (C=O) groups excluding carboxylic acids is 8. The Morgan fingerprint density at radius 1 is 0.468 bits per heavy atom. The monoisotopic (exact) mass is 1600 g/mol. The zero-order valence-corrected chi connectivity index (χ0v) is 68.5. The topological polar surface area (TPSA) is 360 Å². The summed E-state index contributed by atoms with van der Waals surface area (Å²) < 4.78 is 9.37. The lowest BCUT2D eigenvalue weighted by atomic mass is 9.95. The van der Waals surface area contributed by atoms with Crippen LogP contribution in [0.5, 0.6) is 0 Å². The number of thiazole rings is 3. The largest absolute Gasteiger partial charge is 0.478 e. The van der Waals surface area contributed by atoms with Crippen LogP contribution in [0.3, 0.4) is 0 Å². The molecule has 0 bridgehead atoms. The number of rotatable bonds is 18. The van der Waals surface area contributed by atoms with Crippen LogP contribution in [0.15, 0.2) is 146 Å². The van der Waals surface area contributed by atoms with Gasteiger partial charge in [0.25, 0.3) is 23.6 Å². The van der Waals surface area contributed by atoms with E-state index in [0.29, 0.717) is 59.1 Å². The number of carboxylic acids is 1. The number of para-hydroxylation sites is 4. The predicted octanol–water partition coefficient (Wildman–Crippen LogP) is 12.9. The number of nitrogen functional groups attached to an aromatic ring is 3. The molecule has 6 aromatic carbocycles. The van der Waals surface area contributed by atoms with E-state index in [1.807, 2.05) is 106 Å². The van der Waals surface area contributed by atoms with Crippen molar-refractivity contribution in [2.24, 2.45) is 5.73 Å². The molecule has 0 spiro atoms. The molecular formula is C82H93ClN12O12S4. The first kappa shape index (κ1) is 85.8. The van der Waals surface area contributed by atoms with Crippen molar-refractivity contribution >= 4 is 139 Å². The molecule has 111 heavy (non-hydrogen) atoms. The number of benzene rings is 6. The molecule has 4 fully saturated rings. The summed E-state index contributed by atoms with van der Waals surface area (Å²) >= 11 is 14.9. The summed E-state index contributed by atoms with van der Waals surface area (Å²) in [4.78, 5) is 127. The van der Waals surface area contributed by atoms with E-state index in [0.717, 1.165) is 106 Å². The summed E-state index contributed by atoms with van der Waals surface area (Å²) in [5, 5.41) is 13.7. The van der Waals surface area contributed by atoms with Gasteiger partial charge in [-0.05, 0) is 174 Å². The van der Waals surface area contributed by atoms with Crippen LogP contribution in [0, 0.1) is 20.8 Å². The first-order valence-corrected chi connectivity index (χ1v) is 38.5. The maximum Gasteiger partial charge on any atom is 0.337 e. The molecule has 13 rings (SSSR count). The molecule has 3 aromatic heterocycles. The van der Waals surface area contributed by atoms with Gasteiger partial charge in [-0.3, -0.25) is 28.8 Å². The highest BCUT2D eigenvalue weighted by molar-refractivity contribution is 7.80. The summed E-state index contributed by atoms with van der Waals surface area (Å²) in [6.45, 7) is 6.92. The number of methoxy groups -OCH3 is 2. The molecular weight excluding hydrogens is 1510 g/mol. The lowest BCUT2D eigenvalue weighted by Gasteiger charge is -2.14. The van der Waals surface area contributed by atoms with Crippen molar-refractivity contribution < 1.29 is 57.7 Å². The Balaban J connectivity index is 0.000000175. The molecule has 4 aliphatic carbocycles. The third kappa shape index (κ3) is 20.2. The first-order valence-electron chi connectivity index (χ1n) is 35.2. The quantitative estimate of drug-likeness (QED) is 0.0153. The fourth-order valence-electron chi connectivity index (χ4n) is 11.7. The smallest absolute Gasteiger partial charge is 0.337 e. The number of hydrogen-bond donors (Lipinski definition) is 6. The van der Waals surface area contributed by atoms with Gasteiger partial charge >= 0.3 is 17.9 Å². The van der Waals surface area contributed by atoms with Crippen molar-refractivity contribution in [3.8, 4) is 0 Å². The Morgan fingerprint density at radius 2 is 0.775 bits per heavy atom. The normalized spacial score (nSPS) is 14.4. The van der Waals surface area contributed by atoms with E-state index in [-0.39, 0.29) is 74.5 Å². The number of carboxylic acid groups (broad SMARTS) is 1. The highest BCUT2D eigenvalue weighted by atomic mass is 35.5. The number of amides is 5. The van der Waals surface area contributed by atoms with E-state index in [2.05, 4.69) is 20.0 Å². The van der Waals surface area contributed by atoms with Gasteiger partial charge in [-0.2, -0.15) is 0 Å². The Morgan fingerprint density at radius 3 is 1.03 bits per heavy atom. The van der Waals surface area contributed by atoms with Gasteiger partial charge in [0.2, 0.25) is 5.91 Å². The van der Waals surface area contributed by atoms with Crippen molar-refractivity contribution in [2.75, 3.05) is 93.1 Å². The molecule has 0 saturated heterocycles. The first-order chi connectivity index (χ1) is 52.4. The number of halogens is 1. The van der Waals surface area contributed by atoms with Crippen LogP contribution in [-0.2, 0) is 40.7 Å². The van der Waals surface area contributed by atoms with Crippen molar-refractivity contribution in [1.82, 2.24) is 34.6 Å². The molecule has 3 heterocycles. The average molecular weight is 1600 g/mol. The minimum Gasteiger partial charge on any atom is -0.478 e. The number of carbonyl (C=O) groups is 9. The molecule has 24 nitrogen and oxygen atoms in total. The number of alkyl halides is 1. The highest BCUT2D eigenvalue weighted by Crippen LogP contribution is 2.57. The number of nitrogens with two attached hydrogens (primary N) is 4. The summed E-state index contributed by atoms with van der Waals surface area (Å²) in [6, 6.07) is 43.8. The number of ether oxygens (including phenoxy) is 2. The second kappa shape index (κ2) is 36.4. The molecule has 0 aliphatic heterocycles. The zero-order valence-electron chi connectivity index (χ0n) is 64.5. The summed E-state index contributed by atoms with van der Waals surface area (Å²) in [5.41, 5.74) is 33.0. The van der Waals surface area contributed by atoms with E-state index in [9.17, 15) is 43.2 Å². The summed E-state index contributed by atoms with van der Waals surface area (Å²) in [7, 11) is 16.3. The number of aromatic nitrogens is 3. The minimum atomic E-state index is -1.02. The molecule has 4 aliphatic rings. The van der Waals surface area contributed by atoms with Crippen molar-refractivity contribution in [3.05, 3.63) is 237 Å². The third-order valence-corrected chi connectivity index (χ3v) is 24.1. The average Bonchev–Trinajstić information content (AvgIpc) is 1.59. The molecule has 1 unspecified atom stereocenters. The summed E-state index contributed by atoms with van der Waals surface area (Å²) in [5.74, 6) is -2.52. The Hall–Kier alpha value is -10.8. The number of hydrogen-bond acceptors (Lipinski definition) is 21. The van der Waals surface area contributed by atoms with Crippen LogP contribution < -0.4 is 28.3 Å². The molecule has 0 radical (unpaired) electrons. The van der Waals surface area contributed by atoms with Crippen LogP contribution in [0.25, 0.3) is 0 Å². The Kier molecular flexibility index (Phi) is 28.1. The molecule has 4 saturated carbocycles. The van der Waals surface area contributed by atoms with Crippen LogP contribution in [0.1, 0.15) is 183 Å². The van der Waals surface area contributed by atoms with Gasteiger partial charge in [0.05, 0.1) is 75.7 Å². The molecule has 10 N–H and O–H groups in total. The van der Waals surface area contributed by atoms with Gasteiger partial charge in [0, 0.05) is 83.6 Å². The number of aryl methyl sites for hydroxylation is 3. The zero-order chi connectivity index (χ0) is 81.8. The van der Waals surface area contributed by atoms with Crippen LogP contribution in [0.4, 0.5) is 22.7 Å². The fourth-order valence-corrected chi connectivity index (χ4v) is 16.3. The van der Waals surface area contributed by atoms with E-state index < -0.39 is 11.3 Å². The third-order valence-electron chi connectivity index (χ3n) is 19.2. The lowest BCUT2D eigenvalue weighted by molar-refractivity contribution is -0.132. The van der Waals surface area contributed by atoms with Crippen LogP contribution in [-0.4, -0.2) is 174 Å². The van der Waals surface area contributed by atoms with Gasteiger partial charge in [-0.15, -0.1) is 45.6 Å². The number of aromatic carboxylic acids is 1. The number of ketones is 1. The van der Waals surface area contributed by atoms with Crippen LogP contribution in [0.2, 0.25) is 0 Å². The maximum absolute atomic E-state index is 12.6. The molecule has 29 heteroatoms. The summed E-state index contributed by atoms with van der Waals surface area (Å²) in [6.07, 6.45) is 7.94. The maximum atomic E-state index is 12.6. The number of esters is 2. The molecule has 5 amide bonds. The van der Waals surface area contributed by atoms with Crippen molar-refractivity contribution in [2.45, 2.75) is 106 Å². The Labute approximate surface area is 668 Å². The fraction of sp³-hybridized carbons (Fsp3) is 0.329. The van der Waals surface area contributed by atoms with Crippen molar-refractivity contribution in [1.29, 1.82) is 0 Å². The van der Waals surface area contributed by atoms with E-state index in [1.54, 1.807) is 132 Å². The number of nitrogens with zero attached hydrogens (tertiary/aromatic N) is 7. The second-order valence-corrected chi connectivity index (χ2v) is 31.9. The van der Waals surface area contributed by atoms with Gasteiger partial charge in [-0.1, -0.05) is 85.0 Å². The predicted molar refractivity (Wildman–Crippen MR) is 441 cm³/mol. The van der Waals surface area contributed by atoms with E-state index in [4.69, 9.17) is 61.6 Å². The molecule has 1 atom stereocenters. The number of anilines is 4. The van der Waals surface area contributed by atoms with Gasteiger partial charge in [-0.25, -0.2) is 29.3 Å². The number of nitrogens with one attached hydrogen (secondary N) is 1. The highest BCUT2D eigenvalue weighted by Gasteiger charge is 2.52. The standard InChI is InChI=1S/C23H24N4O2S.C18H20N2O3S.C17H18N2O3S.C12H13NO2S.C6H10ClNO2.C6H8N2/c1-14-19(21(29)27(2)3)30-22(25-14)23(12-13-23)16-10-8-15(9-11-16)20(28)26-18-7-5-4-6-17(18)24;1-11-14(15(21)20(2)3)24-17(19-11)18(9-10-18)13-7-5-12(6-8-13)16(22)23-4;1-10-13(14(20)19(2)3)23-16(18-10)17(8-9-17)12-6-4-11(5-7-12)15(21)22;1-15-10(14)8-2-4-9(5-3-8)12(6-7-12)11(13)16;1-4(9)5(7)6(10)8(2)3;7-5-3-1-2-4-6(5)8/h4-11H,12-13,24H2,1-3H3,(H,26,28);5-8H,9-10H2,1-4H3;4-7H,8-9H2,1-3H3,(H,21,22);2-5H,6-7H2,1H3,(H2,13,16);5H,1-3H3;1-4H,7-8H2. The number of thiocarbonyl (C=S) groups is 1. The van der Waals surface area contributed by atoms with E-state index in [1.165, 1.54) is 60.1 Å². The SMILES string of the molecule is CC(=O)C(Cl)C(=O)N(C)C.COC(=O)c1ccc(C2(C(N)=S)CC2)cc1.COC(=O)c1ccc(C2(c3nc(C)c(C(=O)N(C)C)s3)CC2)cc1.Cc1nc(C2(c3ccc(C(=O)Nc4ccccc4N)cc3)CC2)sc1C(=O)N(C)C.Cc1nc(C2(c3ccc(C(=O)O)cc3)CC2)sc1C(=O)N(C)C.Nc1ccccc1N. The van der Waals surface area contributed by atoms with Gasteiger partial charge in [0.1, 0.15) is 29.7 Å². The second-order valence-electron chi connectivity index (χ2n) is 28.1. The lowest BCUT2D eigenvalue weighted by Crippen LogP contribution is -2.34. The molecule has 9 aromatic rings. The number of Topliss-reactive ketones (excluding diaryl/α,β-unsaturated/α-hetero) is 1. The minimum absolute atomic E-state index is 0.00640. The van der Waals surface area contributed by atoms with E-state index >= 15 is 0 Å². The van der Waals surface area contributed by atoms with Crippen LogP contribution >= 0.6 is 57.8 Å². The molecule has 584 valence electrons. The van der Waals surface area contributed by atoms with Crippen molar-refractivity contribution in [3.63, 3.8) is 0 Å². The van der Waals surface area contributed by atoms with Gasteiger partial charge < -0.3 is 62.4 Å². The van der Waals surface area contributed by atoms with Gasteiger partial charge in [0.15, 0.2) is 11.2 Å². The Bertz CT molecular complexity index is 4900.